The average Bonchev–Trinajstić information content (AvgIpc) is 2.75. The van der Waals surface area contributed by atoms with E-state index in [-0.39, 0.29) is 22.4 Å². The van der Waals surface area contributed by atoms with Gasteiger partial charge in [0.15, 0.2) is 0 Å². The van der Waals surface area contributed by atoms with Gasteiger partial charge in [-0.1, -0.05) is 35.9 Å². The van der Waals surface area contributed by atoms with Gasteiger partial charge >= 0.3 is 0 Å². The van der Waals surface area contributed by atoms with Gasteiger partial charge in [-0.05, 0) is 69.7 Å². The number of para-hydroxylation sites is 1. The first kappa shape index (κ1) is 24.0. The van der Waals surface area contributed by atoms with E-state index < -0.39 is 15.9 Å². The molecule has 0 atom stereocenters. The van der Waals surface area contributed by atoms with Crippen LogP contribution in [0, 0.1) is 13.8 Å². The maximum atomic E-state index is 13.0. The molecule has 0 heterocycles. The Hall–Kier alpha value is -3.65. The van der Waals surface area contributed by atoms with Gasteiger partial charge in [0, 0.05) is 17.3 Å². The largest absolute Gasteiger partial charge is 0.350 e. The highest BCUT2D eigenvalue weighted by molar-refractivity contribution is 7.92. The Morgan fingerprint density at radius 1 is 0.848 bits per heavy atom. The Kier molecular flexibility index (Phi) is 7.18. The first-order valence-electron chi connectivity index (χ1n) is 10.5. The standard InChI is InChI=1S/C25H27N3O4S/c1-16(2)26-25(30)21-7-5-6-8-22(21)27-24(29)19-12-11-18(4)23(15-19)33(31,32)28-20-13-9-17(3)10-14-20/h5-16,28H,1-4H3,(H,26,30)(H,27,29). The number of anilines is 2. The van der Waals surface area contributed by atoms with E-state index in [1.165, 1.54) is 6.07 Å². The molecule has 3 rings (SSSR count). The topological polar surface area (TPSA) is 104 Å². The zero-order valence-electron chi connectivity index (χ0n) is 19.0. The van der Waals surface area contributed by atoms with E-state index in [9.17, 15) is 18.0 Å². The Labute approximate surface area is 194 Å². The fourth-order valence-electron chi connectivity index (χ4n) is 3.19. The zero-order valence-corrected chi connectivity index (χ0v) is 19.8. The number of hydrogen-bond acceptors (Lipinski definition) is 4. The van der Waals surface area contributed by atoms with E-state index in [0.717, 1.165) is 5.56 Å². The van der Waals surface area contributed by atoms with Gasteiger partial charge in [-0.2, -0.15) is 0 Å². The van der Waals surface area contributed by atoms with Gasteiger partial charge in [-0.3, -0.25) is 14.3 Å². The van der Waals surface area contributed by atoms with Crippen molar-refractivity contribution < 1.29 is 18.0 Å². The third-order valence-corrected chi connectivity index (χ3v) is 6.41. The summed E-state index contributed by atoms with van der Waals surface area (Å²) in [5, 5.41) is 5.52. The molecule has 0 saturated carbocycles. The molecule has 33 heavy (non-hydrogen) atoms. The first-order chi connectivity index (χ1) is 15.6. The second-order valence-electron chi connectivity index (χ2n) is 8.08. The van der Waals surface area contributed by atoms with Gasteiger partial charge in [0.2, 0.25) is 0 Å². The van der Waals surface area contributed by atoms with Crippen molar-refractivity contribution in [3.05, 3.63) is 89.0 Å². The van der Waals surface area contributed by atoms with Crippen LogP contribution in [-0.4, -0.2) is 26.3 Å². The van der Waals surface area contributed by atoms with Crippen molar-refractivity contribution in [1.29, 1.82) is 0 Å². The van der Waals surface area contributed by atoms with Gasteiger partial charge in [0.1, 0.15) is 0 Å². The molecule has 0 radical (unpaired) electrons. The minimum atomic E-state index is -3.91. The van der Waals surface area contributed by atoms with Gasteiger partial charge < -0.3 is 10.6 Å². The summed E-state index contributed by atoms with van der Waals surface area (Å²) in [5.74, 6) is -0.832. The molecule has 3 aromatic carbocycles. The van der Waals surface area contributed by atoms with Gasteiger partial charge in [-0.25, -0.2) is 8.42 Å². The minimum Gasteiger partial charge on any atom is -0.350 e. The van der Waals surface area contributed by atoms with Gasteiger partial charge in [-0.15, -0.1) is 0 Å². The fraction of sp³-hybridized carbons (Fsp3) is 0.200. The molecule has 8 heteroatoms. The fourth-order valence-corrected chi connectivity index (χ4v) is 4.52. The third kappa shape index (κ3) is 5.98. The van der Waals surface area contributed by atoms with Crippen LogP contribution < -0.4 is 15.4 Å². The van der Waals surface area contributed by atoms with Crippen LogP contribution in [-0.2, 0) is 10.0 Å². The van der Waals surface area contributed by atoms with Crippen molar-refractivity contribution in [1.82, 2.24) is 5.32 Å². The normalized spacial score (nSPS) is 11.2. The first-order valence-corrected chi connectivity index (χ1v) is 12.0. The predicted octanol–water partition coefficient (Wildman–Crippen LogP) is 4.49. The molecule has 0 aliphatic carbocycles. The number of carbonyl (C=O) groups is 2. The van der Waals surface area contributed by atoms with Crippen LogP contribution >= 0.6 is 0 Å². The Balaban J connectivity index is 1.87. The number of carbonyl (C=O) groups excluding carboxylic acids is 2. The number of nitrogens with one attached hydrogen (secondary N) is 3. The molecule has 3 N–H and O–H groups in total. The SMILES string of the molecule is Cc1ccc(NS(=O)(=O)c2cc(C(=O)Nc3ccccc3C(=O)NC(C)C)ccc2C)cc1. The summed E-state index contributed by atoms with van der Waals surface area (Å²) in [6, 6.07) is 18.0. The molecule has 0 aliphatic rings. The summed E-state index contributed by atoms with van der Waals surface area (Å²) in [5.41, 5.74) is 2.76. The van der Waals surface area contributed by atoms with Crippen LogP contribution in [0.5, 0.6) is 0 Å². The summed E-state index contributed by atoms with van der Waals surface area (Å²) in [6.07, 6.45) is 0. The van der Waals surface area contributed by atoms with Crippen molar-refractivity contribution in [3.63, 3.8) is 0 Å². The molecule has 0 aliphatic heterocycles. The van der Waals surface area contributed by atoms with Gasteiger partial charge in [0.25, 0.3) is 21.8 Å². The molecule has 0 bridgehead atoms. The van der Waals surface area contributed by atoms with E-state index >= 15 is 0 Å². The Morgan fingerprint density at radius 3 is 2.18 bits per heavy atom. The Bertz CT molecular complexity index is 1280. The predicted molar refractivity (Wildman–Crippen MR) is 130 cm³/mol. The summed E-state index contributed by atoms with van der Waals surface area (Å²) in [4.78, 5) is 25.4. The van der Waals surface area contributed by atoms with E-state index in [1.54, 1.807) is 55.5 Å². The number of aryl methyl sites for hydroxylation is 2. The lowest BCUT2D eigenvalue weighted by Crippen LogP contribution is -2.31. The highest BCUT2D eigenvalue weighted by Gasteiger charge is 2.20. The van der Waals surface area contributed by atoms with E-state index in [4.69, 9.17) is 0 Å². The van der Waals surface area contributed by atoms with Crippen molar-refractivity contribution in [2.75, 3.05) is 10.0 Å². The summed E-state index contributed by atoms with van der Waals surface area (Å²) in [6.45, 7) is 7.27. The molecular formula is C25H27N3O4S. The maximum absolute atomic E-state index is 13.0. The monoisotopic (exact) mass is 465 g/mol. The highest BCUT2D eigenvalue weighted by Crippen LogP contribution is 2.23. The van der Waals surface area contributed by atoms with E-state index in [0.29, 0.717) is 22.5 Å². The number of benzene rings is 3. The lowest BCUT2D eigenvalue weighted by atomic mass is 10.1. The van der Waals surface area contributed by atoms with Crippen molar-refractivity contribution in [2.45, 2.75) is 38.6 Å². The number of sulfonamides is 1. The van der Waals surface area contributed by atoms with Crippen LogP contribution in [0.4, 0.5) is 11.4 Å². The summed E-state index contributed by atoms with van der Waals surface area (Å²) < 4.78 is 28.5. The minimum absolute atomic E-state index is 0.00145. The number of hydrogen-bond donors (Lipinski definition) is 3. The molecule has 0 saturated heterocycles. The second kappa shape index (κ2) is 9.87. The van der Waals surface area contributed by atoms with E-state index in [2.05, 4.69) is 15.4 Å². The molecule has 7 nitrogen and oxygen atoms in total. The van der Waals surface area contributed by atoms with Gasteiger partial charge in [0.05, 0.1) is 16.1 Å². The van der Waals surface area contributed by atoms with Crippen LogP contribution in [0.15, 0.2) is 71.6 Å². The second-order valence-corrected chi connectivity index (χ2v) is 9.73. The molecule has 172 valence electrons. The summed E-state index contributed by atoms with van der Waals surface area (Å²) >= 11 is 0. The van der Waals surface area contributed by atoms with Crippen molar-refractivity contribution in [3.8, 4) is 0 Å². The van der Waals surface area contributed by atoms with Crippen LogP contribution in [0.2, 0.25) is 0 Å². The number of amides is 2. The lowest BCUT2D eigenvalue weighted by molar-refractivity contribution is 0.0944. The third-order valence-electron chi connectivity index (χ3n) is 4.88. The molecule has 0 aromatic heterocycles. The lowest BCUT2D eigenvalue weighted by Gasteiger charge is -2.14. The smallest absolute Gasteiger partial charge is 0.262 e. The maximum Gasteiger partial charge on any atom is 0.262 e. The van der Waals surface area contributed by atoms with Crippen molar-refractivity contribution >= 4 is 33.2 Å². The average molecular weight is 466 g/mol. The van der Waals surface area contributed by atoms with Crippen LogP contribution in [0.1, 0.15) is 45.7 Å². The molecule has 0 unspecified atom stereocenters. The Morgan fingerprint density at radius 2 is 1.52 bits per heavy atom. The molecule has 0 fully saturated rings. The van der Waals surface area contributed by atoms with Crippen molar-refractivity contribution in [2.24, 2.45) is 0 Å². The van der Waals surface area contributed by atoms with Crippen LogP contribution in [0.25, 0.3) is 0 Å². The number of rotatable bonds is 7. The molecular weight excluding hydrogens is 438 g/mol. The molecule has 0 spiro atoms. The quantitative estimate of drug-likeness (QED) is 0.478. The molecule has 3 aromatic rings. The summed E-state index contributed by atoms with van der Waals surface area (Å²) in [7, 11) is -3.91. The zero-order chi connectivity index (χ0) is 24.2. The van der Waals surface area contributed by atoms with Crippen LogP contribution in [0.3, 0.4) is 0 Å². The molecule has 2 amide bonds. The van der Waals surface area contributed by atoms with E-state index in [1.807, 2.05) is 32.9 Å². The highest BCUT2D eigenvalue weighted by atomic mass is 32.2.